The number of halogens is 2. The molecule has 23 heavy (non-hydrogen) atoms. The third-order valence-corrected chi connectivity index (χ3v) is 4.72. The fraction of sp³-hybridized carbons (Fsp3) is 0.533. The number of amides is 1. The van der Waals surface area contributed by atoms with Crippen LogP contribution in [-0.2, 0) is 21.1 Å². The fourth-order valence-electron chi connectivity index (χ4n) is 2.09. The highest BCUT2D eigenvalue weighted by Crippen LogP contribution is 2.18. The molecule has 0 bridgehead atoms. The van der Waals surface area contributed by atoms with E-state index in [1.54, 1.807) is 0 Å². The molecule has 0 aliphatic heterocycles. The van der Waals surface area contributed by atoms with E-state index in [1.807, 2.05) is 31.3 Å². The molecule has 1 unspecified atom stereocenters. The van der Waals surface area contributed by atoms with E-state index in [2.05, 4.69) is 26.6 Å². The van der Waals surface area contributed by atoms with Gasteiger partial charge in [0.2, 0.25) is 5.91 Å². The zero-order valence-corrected chi connectivity index (χ0v) is 16.6. The molecule has 1 atom stereocenters. The third-order valence-electron chi connectivity index (χ3n) is 3.25. The van der Waals surface area contributed by atoms with Crippen LogP contribution in [0.25, 0.3) is 0 Å². The van der Waals surface area contributed by atoms with Crippen LogP contribution in [0.4, 0.5) is 0 Å². The Bertz CT molecular complexity index is 596. The second kappa shape index (κ2) is 11.0. The molecule has 0 fully saturated rings. The summed E-state index contributed by atoms with van der Waals surface area (Å²) in [6.07, 6.45) is 2.05. The van der Waals surface area contributed by atoms with E-state index in [4.69, 9.17) is 0 Å². The first-order valence-electron chi connectivity index (χ1n) is 7.16. The van der Waals surface area contributed by atoms with Crippen molar-refractivity contribution in [1.29, 1.82) is 0 Å². The van der Waals surface area contributed by atoms with Gasteiger partial charge in [-0.3, -0.25) is 4.79 Å². The Kier molecular flexibility index (Phi) is 10.7. The van der Waals surface area contributed by atoms with E-state index < -0.39 is 9.84 Å². The van der Waals surface area contributed by atoms with E-state index >= 15 is 0 Å². The zero-order valence-electron chi connectivity index (χ0n) is 13.3. The van der Waals surface area contributed by atoms with Crippen LogP contribution >= 0.6 is 28.3 Å². The number of nitrogens with one attached hydrogen (secondary N) is 2. The van der Waals surface area contributed by atoms with Gasteiger partial charge in [0.25, 0.3) is 0 Å². The molecular formula is C15H24BrClN2O3S. The van der Waals surface area contributed by atoms with Crippen molar-refractivity contribution in [1.82, 2.24) is 10.6 Å². The Balaban J connectivity index is 0.00000484. The van der Waals surface area contributed by atoms with Crippen molar-refractivity contribution in [3.63, 3.8) is 0 Å². The Hall–Kier alpha value is -0.630. The number of rotatable bonds is 9. The van der Waals surface area contributed by atoms with Crippen LogP contribution in [0.2, 0.25) is 0 Å². The third kappa shape index (κ3) is 9.96. The van der Waals surface area contributed by atoms with E-state index in [0.717, 1.165) is 10.0 Å². The van der Waals surface area contributed by atoms with Crippen LogP contribution < -0.4 is 10.6 Å². The lowest BCUT2D eigenvalue weighted by molar-refractivity contribution is -0.125. The highest BCUT2D eigenvalue weighted by Gasteiger charge is 2.20. The van der Waals surface area contributed by atoms with Crippen LogP contribution in [-0.4, -0.2) is 46.5 Å². The SMILES string of the molecule is CNCCNC(=O)C(CCS(C)(=O)=O)Cc1cccc(Br)c1.Cl. The van der Waals surface area contributed by atoms with Crippen molar-refractivity contribution >= 4 is 44.1 Å². The van der Waals surface area contributed by atoms with Gasteiger partial charge in [-0.15, -0.1) is 12.4 Å². The lowest BCUT2D eigenvalue weighted by Gasteiger charge is -2.17. The fourth-order valence-corrected chi connectivity index (χ4v) is 3.25. The monoisotopic (exact) mass is 426 g/mol. The van der Waals surface area contributed by atoms with E-state index in [9.17, 15) is 13.2 Å². The highest BCUT2D eigenvalue weighted by molar-refractivity contribution is 9.10. The summed E-state index contributed by atoms with van der Waals surface area (Å²) in [6.45, 7) is 1.21. The van der Waals surface area contributed by atoms with Gasteiger partial charge >= 0.3 is 0 Å². The molecule has 1 rings (SSSR count). The van der Waals surface area contributed by atoms with Gasteiger partial charge in [-0.2, -0.15) is 0 Å². The Morgan fingerprint density at radius 3 is 2.57 bits per heavy atom. The minimum absolute atomic E-state index is 0. The molecule has 2 N–H and O–H groups in total. The summed E-state index contributed by atoms with van der Waals surface area (Å²) < 4.78 is 23.7. The maximum absolute atomic E-state index is 12.3. The Labute approximate surface area is 153 Å². The predicted octanol–water partition coefficient (Wildman–Crippen LogP) is 1.80. The Morgan fingerprint density at radius 2 is 2.00 bits per heavy atom. The second-order valence-electron chi connectivity index (χ2n) is 5.34. The first-order chi connectivity index (χ1) is 10.3. The van der Waals surface area contributed by atoms with Crippen molar-refractivity contribution in [3.8, 4) is 0 Å². The molecule has 0 saturated heterocycles. The summed E-state index contributed by atoms with van der Waals surface area (Å²) in [4.78, 5) is 12.3. The van der Waals surface area contributed by atoms with Gasteiger partial charge in [-0.05, 0) is 37.6 Å². The molecular weight excluding hydrogens is 404 g/mol. The van der Waals surface area contributed by atoms with Gasteiger partial charge in [0.1, 0.15) is 9.84 Å². The molecule has 132 valence electrons. The van der Waals surface area contributed by atoms with Gasteiger partial charge in [0.05, 0.1) is 5.75 Å². The van der Waals surface area contributed by atoms with Crippen molar-refractivity contribution in [2.75, 3.05) is 32.1 Å². The number of hydrogen-bond donors (Lipinski definition) is 2. The number of sulfone groups is 1. The van der Waals surface area contributed by atoms with E-state index in [1.165, 1.54) is 6.26 Å². The van der Waals surface area contributed by atoms with Crippen LogP contribution in [0.5, 0.6) is 0 Å². The standard InChI is InChI=1S/C15H23BrN2O3S.ClH/c1-17-7-8-18-15(19)13(6-9-22(2,20)21)10-12-4-3-5-14(16)11-12;/h3-5,11,13,17H,6-10H2,1-2H3,(H,18,19);1H. The molecule has 0 saturated carbocycles. The number of hydrogen-bond acceptors (Lipinski definition) is 4. The molecule has 0 heterocycles. The van der Waals surface area contributed by atoms with Crippen molar-refractivity contribution in [3.05, 3.63) is 34.3 Å². The Morgan fingerprint density at radius 1 is 1.30 bits per heavy atom. The average molecular weight is 428 g/mol. The minimum Gasteiger partial charge on any atom is -0.355 e. The predicted molar refractivity (Wildman–Crippen MR) is 99.8 cm³/mol. The van der Waals surface area contributed by atoms with Crippen LogP contribution in [0, 0.1) is 5.92 Å². The zero-order chi connectivity index (χ0) is 16.6. The number of likely N-dealkylation sites (N-methyl/N-ethyl adjacent to an activating group) is 1. The number of benzene rings is 1. The molecule has 0 spiro atoms. The summed E-state index contributed by atoms with van der Waals surface area (Å²) in [7, 11) is -1.27. The maximum Gasteiger partial charge on any atom is 0.223 e. The lowest BCUT2D eigenvalue weighted by Crippen LogP contribution is -2.36. The molecule has 5 nitrogen and oxygen atoms in total. The second-order valence-corrected chi connectivity index (χ2v) is 8.52. The summed E-state index contributed by atoms with van der Waals surface area (Å²) in [5, 5.41) is 5.81. The smallest absolute Gasteiger partial charge is 0.223 e. The van der Waals surface area contributed by atoms with Crippen LogP contribution in [0.15, 0.2) is 28.7 Å². The van der Waals surface area contributed by atoms with Crippen molar-refractivity contribution in [2.45, 2.75) is 12.8 Å². The van der Waals surface area contributed by atoms with Gasteiger partial charge in [-0.25, -0.2) is 8.42 Å². The summed E-state index contributed by atoms with van der Waals surface area (Å²) >= 11 is 3.41. The lowest BCUT2D eigenvalue weighted by atomic mass is 9.96. The minimum atomic E-state index is -3.08. The quantitative estimate of drug-likeness (QED) is 0.589. The highest BCUT2D eigenvalue weighted by atomic mass is 79.9. The van der Waals surface area contributed by atoms with Crippen LogP contribution in [0.1, 0.15) is 12.0 Å². The normalized spacial score (nSPS) is 12.3. The summed E-state index contributed by atoms with van der Waals surface area (Å²) in [5.74, 6) is -0.426. The molecule has 1 aromatic carbocycles. The topological polar surface area (TPSA) is 75.3 Å². The molecule has 1 aromatic rings. The van der Waals surface area contributed by atoms with Gasteiger partial charge in [0, 0.05) is 29.7 Å². The molecule has 0 aliphatic rings. The van der Waals surface area contributed by atoms with Gasteiger partial charge in [-0.1, -0.05) is 28.1 Å². The largest absolute Gasteiger partial charge is 0.355 e. The molecule has 0 aliphatic carbocycles. The average Bonchev–Trinajstić information content (AvgIpc) is 2.42. The number of carbonyl (C=O) groups excluding carboxylic acids is 1. The molecule has 0 radical (unpaired) electrons. The van der Waals surface area contributed by atoms with Crippen molar-refractivity contribution < 1.29 is 13.2 Å². The van der Waals surface area contributed by atoms with Gasteiger partial charge in [0.15, 0.2) is 0 Å². The van der Waals surface area contributed by atoms with Crippen molar-refractivity contribution in [2.24, 2.45) is 5.92 Å². The van der Waals surface area contributed by atoms with Crippen LogP contribution in [0.3, 0.4) is 0 Å². The first-order valence-corrected chi connectivity index (χ1v) is 10.0. The molecule has 8 heteroatoms. The first kappa shape index (κ1) is 22.4. The summed E-state index contributed by atoms with van der Waals surface area (Å²) in [5.41, 5.74) is 1.01. The molecule has 1 amide bonds. The molecule has 0 aromatic heterocycles. The number of carbonyl (C=O) groups is 1. The maximum atomic E-state index is 12.3. The van der Waals surface area contributed by atoms with Gasteiger partial charge < -0.3 is 10.6 Å². The van der Waals surface area contributed by atoms with E-state index in [-0.39, 0.29) is 30.0 Å². The van der Waals surface area contributed by atoms with E-state index in [0.29, 0.717) is 25.9 Å². The summed E-state index contributed by atoms with van der Waals surface area (Å²) in [6, 6.07) is 7.72.